The Balaban J connectivity index is 1.95. The fraction of sp³-hybridized carbons (Fsp3) is 0.438. The van der Waals surface area contributed by atoms with E-state index in [-0.39, 0.29) is 12.0 Å². The van der Waals surface area contributed by atoms with E-state index < -0.39 is 10.0 Å². The van der Waals surface area contributed by atoms with Crippen molar-refractivity contribution in [1.82, 2.24) is 9.71 Å². The van der Waals surface area contributed by atoms with Gasteiger partial charge in [0.2, 0.25) is 10.0 Å². The lowest BCUT2D eigenvalue weighted by Crippen LogP contribution is -2.44. The Hall–Kier alpha value is -1.50. The third kappa shape index (κ3) is 2.99. The van der Waals surface area contributed by atoms with E-state index in [1.807, 2.05) is 6.07 Å². The van der Waals surface area contributed by atoms with E-state index >= 15 is 0 Å². The molecule has 1 aromatic heterocycles. The highest BCUT2D eigenvalue weighted by molar-refractivity contribution is 7.89. The van der Waals surface area contributed by atoms with E-state index in [1.165, 1.54) is 0 Å². The molecule has 3 rings (SSSR count). The van der Waals surface area contributed by atoms with Crippen molar-refractivity contribution in [2.45, 2.75) is 36.6 Å². The summed E-state index contributed by atoms with van der Waals surface area (Å²) in [5, 5.41) is 0.651. The highest BCUT2D eigenvalue weighted by Gasteiger charge is 2.29. The molecule has 2 unspecified atom stereocenters. The third-order valence-electron chi connectivity index (χ3n) is 4.41. The van der Waals surface area contributed by atoms with Gasteiger partial charge in [-0.15, -0.1) is 0 Å². The molecule has 1 fully saturated rings. The normalized spacial score (nSPS) is 22.8. The van der Waals surface area contributed by atoms with Crippen molar-refractivity contribution in [3.05, 3.63) is 36.5 Å². The number of nitrogens with one attached hydrogen (secondary N) is 1. The fourth-order valence-corrected chi connectivity index (χ4v) is 4.77. The van der Waals surface area contributed by atoms with Gasteiger partial charge < -0.3 is 5.73 Å². The molecular formula is C16H21N3O2S. The summed E-state index contributed by atoms with van der Waals surface area (Å²) in [5.74, 6) is 0.219. The predicted octanol–water partition coefficient (Wildman–Crippen LogP) is 2.03. The smallest absolute Gasteiger partial charge is 0.241 e. The number of rotatable bonds is 4. The molecular weight excluding hydrogens is 298 g/mol. The average Bonchev–Trinajstić information content (AvgIpc) is 2.54. The molecule has 22 heavy (non-hydrogen) atoms. The molecule has 0 radical (unpaired) electrons. The molecule has 2 atom stereocenters. The van der Waals surface area contributed by atoms with Gasteiger partial charge in [0.15, 0.2) is 0 Å². The maximum Gasteiger partial charge on any atom is 0.241 e. The number of benzene rings is 1. The molecule has 3 N–H and O–H groups in total. The lowest BCUT2D eigenvalue weighted by atomic mass is 9.85. The lowest BCUT2D eigenvalue weighted by Gasteiger charge is -2.31. The molecule has 0 saturated heterocycles. The Labute approximate surface area is 131 Å². The van der Waals surface area contributed by atoms with Gasteiger partial charge in [0.25, 0.3) is 0 Å². The Bertz CT molecular complexity index is 756. The van der Waals surface area contributed by atoms with E-state index in [0.29, 0.717) is 22.3 Å². The summed E-state index contributed by atoms with van der Waals surface area (Å²) in [7, 11) is -3.58. The number of hydrogen-bond acceptors (Lipinski definition) is 4. The minimum Gasteiger partial charge on any atom is -0.330 e. The molecule has 1 aromatic carbocycles. The monoisotopic (exact) mass is 319 g/mol. The van der Waals surface area contributed by atoms with Crippen LogP contribution in [0, 0.1) is 5.92 Å². The zero-order chi connectivity index (χ0) is 15.6. The molecule has 5 nitrogen and oxygen atoms in total. The van der Waals surface area contributed by atoms with E-state index in [2.05, 4.69) is 9.71 Å². The molecule has 118 valence electrons. The molecule has 0 bridgehead atoms. The van der Waals surface area contributed by atoms with Crippen molar-refractivity contribution in [1.29, 1.82) is 0 Å². The van der Waals surface area contributed by atoms with Gasteiger partial charge in [0.1, 0.15) is 0 Å². The van der Waals surface area contributed by atoms with E-state index in [1.54, 1.807) is 30.5 Å². The summed E-state index contributed by atoms with van der Waals surface area (Å²) in [4.78, 5) is 4.51. The molecule has 1 heterocycles. The highest BCUT2D eigenvalue weighted by Crippen LogP contribution is 2.27. The van der Waals surface area contributed by atoms with Gasteiger partial charge in [-0.25, -0.2) is 13.1 Å². The molecule has 1 aliphatic carbocycles. The summed E-state index contributed by atoms with van der Waals surface area (Å²) in [5.41, 5.74) is 6.48. The van der Waals surface area contributed by atoms with Crippen LogP contribution in [0.25, 0.3) is 10.9 Å². The summed E-state index contributed by atoms with van der Waals surface area (Å²) < 4.78 is 28.5. The molecule has 2 aromatic rings. The summed E-state index contributed by atoms with van der Waals surface area (Å²) in [6, 6.07) is 8.65. The molecule has 1 saturated carbocycles. The number of aromatic nitrogens is 1. The fourth-order valence-electron chi connectivity index (χ4n) is 3.22. The zero-order valence-corrected chi connectivity index (χ0v) is 13.2. The van der Waals surface area contributed by atoms with E-state index in [9.17, 15) is 8.42 Å². The van der Waals surface area contributed by atoms with Crippen LogP contribution in [0.4, 0.5) is 0 Å². The molecule has 6 heteroatoms. The first-order valence-corrected chi connectivity index (χ1v) is 9.16. The maximum atomic E-state index is 12.8. The summed E-state index contributed by atoms with van der Waals surface area (Å²) >= 11 is 0. The second-order valence-corrected chi connectivity index (χ2v) is 7.52. The van der Waals surface area contributed by atoms with Crippen molar-refractivity contribution in [2.24, 2.45) is 11.7 Å². The Kier molecular flexibility index (Phi) is 4.42. The van der Waals surface area contributed by atoms with Crippen LogP contribution in [-0.4, -0.2) is 26.0 Å². The Morgan fingerprint density at radius 1 is 1.18 bits per heavy atom. The van der Waals surface area contributed by atoms with Gasteiger partial charge in [-0.05, 0) is 49.6 Å². The lowest BCUT2D eigenvalue weighted by molar-refractivity contribution is 0.296. The van der Waals surface area contributed by atoms with Crippen LogP contribution < -0.4 is 10.5 Å². The summed E-state index contributed by atoms with van der Waals surface area (Å²) in [6.07, 6.45) is 5.67. The first-order valence-electron chi connectivity index (χ1n) is 7.68. The van der Waals surface area contributed by atoms with Gasteiger partial charge in [-0.2, -0.15) is 0 Å². The van der Waals surface area contributed by atoms with Crippen LogP contribution in [0.2, 0.25) is 0 Å². The van der Waals surface area contributed by atoms with Crippen LogP contribution in [-0.2, 0) is 10.0 Å². The van der Waals surface area contributed by atoms with E-state index in [0.717, 1.165) is 25.7 Å². The van der Waals surface area contributed by atoms with Gasteiger partial charge in [-0.1, -0.05) is 18.9 Å². The van der Waals surface area contributed by atoms with E-state index in [4.69, 9.17) is 5.73 Å². The number of nitrogens with two attached hydrogens (primary N) is 1. The van der Waals surface area contributed by atoms with Crippen molar-refractivity contribution in [3.8, 4) is 0 Å². The van der Waals surface area contributed by atoms with Gasteiger partial charge >= 0.3 is 0 Å². The van der Waals surface area contributed by atoms with Crippen LogP contribution in [0.1, 0.15) is 25.7 Å². The van der Waals surface area contributed by atoms with Crippen molar-refractivity contribution in [3.63, 3.8) is 0 Å². The number of sulfonamides is 1. The topological polar surface area (TPSA) is 85.1 Å². The number of hydrogen-bond donors (Lipinski definition) is 2. The predicted molar refractivity (Wildman–Crippen MR) is 86.9 cm³/mol. The quantitative estimate of drug-likeness (QED) is 0.903. The Morgan fingerprint density at radius 2 is 2.00 bits per heavy atom. The largest absolute Gasteiger partial charge is 0.330 e. The molecule has 0 spiro atoms. The van der Waals surface area contributed by atoms with Crippen LogP contribution >= 0.6 is 0 Å². The Morgan fingerprint density at radius 3 is 2.82 bits per heavy atom. The standard InChI is InChI=1S/C16H21N3O2S/c17-11-12-5-1-2-7-14(12)19-22(20,21)16-9-3-8-15-13(16)6-4-10-18-15/h3-4,6,8-10,12,14,19H,1-2,5,7,11,17H2. The molecule has 0 aliphatic heterocycles. The van der Waals surface area contributed by atoms with Crippen LogP contribution in [0.3, 0.4) is 0 Å². The third-order valence-corrected chi connectivity index (χ3v) is 5.96. The second-order valence-electron chi connectivity index (χ2n) is 5.83. The van der Waals surface area contributed by atoms with Gasteiger partial charge in [0.05, 0.1) is 10.4 Å². The van der Waals surface area contributed by atoms with Crippen molar-refractivity contribution in [2.75, 3.05) is 6.54 Å². The number of pyridine rings is 1. The van der Waals surface area contributed by atoms with Crippen molar-refractivity contribution >= 4 is 20.9 Å². The van der Waals surface area contributed by atoms with Crippen molar-refractivity contribution < 1.29 is 8.42 Å². The summed E-state index contributed by atoms with van der Waals surface area (Å²) in [6.45, 7) is 0.518. The minimum absolute atomic E-state index is 0.0734. The molecule has 1 aliphatic rings. The molecule has 0 amide bonds. The zero-order valence-electron chi connectivity index (χ0n) is 12.4. The second kappa shape index (κ2) is 6.32. The van der Waals surface area contributed by atoms with Gasteiger partial charge in [0, 0.05) is 17.6 Å². The SMILES string of the molecule is NCC1CCCCC1NS(=O)(=O)c1cccc2ncccc12. The highest BCUT2D eigenvalue weighted by atomic mass is 32.2. The first kappa shape index (κ1) is 15.4. The average molecular weight is 319 g/mol. The first-order chi connectivity index (χ1) is 10.6. The van der Waals surface area contributed by atoms with Gasteiger partial charge in [-0.3, -0.25) is 4.98 Å². The number of fused-ring (bicyclic) bond motifs is 1. The number of nitrogens with zero attached hydrogens (tertiary/aromatic N) is 1. The maximum absolute atomic E-state index is 12.8. The van der Waals surface area contributed by atoms with Crippen LogP contribution in [0.15, 0.2) is 41.4 Å². The minimum atomic E-state index is -3.58. The van der Waals surface area contributed by atoms with Crippen LogP contribution in [0.5, 0.6) is 0 Å².